The Morgan fingerprint density at radius 2 is 2.22 bits per heavy atom. The summed E-state index contributed by atoms with van der Waals surface area (Å²) in [5, 5.41) is 25.1. The molecule has 122 valence electrons. The van der Waals surface area contributed by atoms with E-state index < -0.39 is 10.8 Å². The number of nitrogens with one attached hydrogen (secondary N) is 2. The van der Waals surface area contributed by atoms with E-state index in [-0.39, 0.29) is 22.0 Å². The van der Waals surface area contributed by atoms with E-state index >= 15 is 0 Å². The number of likely N-dealkylation sites (N-methyl/N-ethyl adjacent to an activating group) is 1. The first kappa shape index (κ1) is 18.4. The number of carbonyl (C=O) groups excluding carboxylic acids is 1. The number of amides is 1. The van der Waals surface area contributed by atoms with Gasteiger partial charge in [-0.3, -0.25) is 14.9 Å². The van der Waals surface area contributed by atoms with Crippen molar-refractivity contribution in [1.82, 2.24) is 10.2 Å². The Morgan fingerprint density at radius 3 is 2.78 bits per heavy atom. The lowest BCUT2D eigenvalue weighted by Crippen LogP contribution is -2.24. The van der Waals surface area contributed by atoms with Crippen LogP contribution < -0.4 is 10.6 Å². The van der Waals surface area contributed by atoms with Crippen molar-refractivity contribution < 1.29 is 9.72 Å². The molecule has 1 aromatic rings. The van der Waals surface area contributed by atoms with Gasteiger partial charge in [-0.1, -0.05) is 11.6 Å². The first-order valence-corrected chi connectivity index (χ1v) is 6.96. The molecule has 23 heavy (non-hydrogen) atoms. The van der Waals surface area contributed by atoms with Crippen molar-refractivity contribution in [2.75, 3.05) is 32.5 Å². The summed E-state index contributed by atoms with van der Waals surface area (Å²) in [5.74, 6) is -0.665. The highest BCUT2D eigenvalue weighted by atomic mass is 35.5. The van der Waals surface area contributed by atoms with E-state index in [1.54, 1.807) is 6.07 Å². The maximum absolute atomic E-state index is 12.0. The van der Waals surface area contributed by atoms with Gasteiger partial charge in [-0.2, -0.15) is 5.26 Å². The van der Waals surface area contributed by atoms with Gasteiger partial charge in [0.2, 0.25) is 0 Å². The van der Waals surface area contributed by atoms with Gasteiger partial charge >= 0.3 is 0 Å². The molecule has 1 amide bonds. The van der Waals surface area contributed by atoms with E-state index in [0.29, 0.717) is 6.54 Å². The van der Waals surface area contributed by atoms with Crippen LogP contribution in [-0.2, 0) is 4.79 Å². The average Bonchev–Trinajstić information content (AvgIpc) is 2.48. The molecule has 9 heteroatoms. The van der Waals surface area contributed by atoms with Crippen LogP contribution in [-0.4, -0.2) is 42.9 Å². The second-order valence-corrected chi connectivity index (χ2v) is 5.21. The van der Waals surface area contributed by atoms with Crippen LogP contribution in [0.2, 0.25) is 5.02 Å². The number of carbonyl (C=O) groups is 1. The van der Waals surface area contributed by atoms with Gasteiger partial charge in [-0.25, -0.2) is 0 Å². The van der Waals surface area contributed by atoms with E-state index in [1.807, 2.05) is 19.0 Å². The maximum atomic E-state index is 12.0. The quantitative estimate of drug-likeness (QED) is 0.258. The summed E-state index contributed by atoms with van der Waals surface area (Å²) in [7, 11) is 3.80. The molecule has 0 saturated carbocycles. The van der Waals surface area contributed by atoms with Gasteiger partial charge in [-0.15, -0.1) is 0 Å². The minimum atomic E-state index is -0.665. The van der Waals surface area contributed by atoms with Gasteiger partial charge < -0.3 is 15.5 Å². The monoisotopic (exact) mass is 337 g/mol. The first-order valence-electron chi connectivity index (χ1n) is 6.59. The molecule has 0 heterocycles. The molecular weight excluding hydrogens is 322 g/mol. The fraction of sp³-hybridized carbons (Fsp3) is 0.286. The molecule has 0 saturated heterocycles. The third-order valence-electron chi connectivity index (χ3n) is 2.72. The number of hydrogen-bond donors (Lipinski definition) is 2. The summed E-state index contributed by atoms with van der Waals surface area (Å²) in [6, 6.07) is 5.63. The highest BCUT2D eigenvalue weighted by Crippen LogP contribution is 2.27. The minimum Gasteiger partial charge on any atom is -0.388 e. The Bertz CT molecular complexity index is 667. The fourth-order valence-corrected chi connectivity index (χ4v) is 1.73. The molecule has 0 fully saturated rings. The molecule has 1 rings (SSSR count). The van der Waals surface area contributed by atoms with Crippen molar-refractivity contribution >= 4 is 28.9 Å². The van der Waals surface area contributed by atoms with Crippen molar-refractivity contribution in [2.24, 2.45) is 0 Å². The van der Waals surface area contributed by atoms with Crippen LogP contribution in [0.4, 0.5) is 11.4 Å². The number of anilines is 1. The molecule has 0 aliphatic carbocycles. The summed E-state index contributed by atoms with van der Waals surface area (Å²) in [4.78, 5) is 24.1. The largest absolute Gasteiger partial charge is 0.388 e. The first-order chi connectivity index (χ1) is 10.8. The number of rotatable bonds is 7. The Morgan fingerprint density at radius 1 is 1.52 bits per heavy atom. The Labute approximate surface area is 138 Å². The summed E-state index contributed by atoms with van der Waals surface area (Å²) < 4.78 is 0. The van der Waals surface area contributed by atoms with Crippen LogP contribution >= 0.6 is 11.6 Å². The number of hydrogen-bond acceptors (Lipinski definition) is 6. The zero-order chi connectivity index (χ0) is 17.4. The van der Waals surface area contributed by atoms with Gasteiger partial charge in [0.1, 0.15) is 16.7 Å². The fourth-order valence-electron chi connectivity index (χ4n) is 1.54. The molecule has 0 radical (unpaired) electrons. The van der Waals surface area contributed by atoms with Crippen LogP contribution in [0.15, 0.2) is 30.0 Å². The number of nitro groups is 1. The average molecular weight is 338 g/mol. The zero-order valence-electron chi connectivity index (χ0n) is 12.7. The standard InChI is InChI=1S/C14H16ClN5O3/c1-19(2)6-5-17-9-10(8-16)14(21)18-11-3-4-12(15)13(7-11)20(22)23/h3-4,7,9,17H,5-6H2,1-2H3,(H,18,21)/b10-9-. The lowest BCUT2D eigenvalue weighted by Gasteiger charge is -2.09. The highest BCUT2D eigenvalue weighted by Gasteiger charge is 2.15. The molecule has 0 aromatic heterocycles. The predicted molar refractivity (Wildman–Crippen MR) is 87.0 cm³/mol. The normalized spacial score (nSPS) is 11.0. The minimum absolute atomic E-state index is 0.0330. The van der Waals surface area contributed by atoms with Crippen LogP contribution in [0, 0.1) is 21.4 Å². The molecule has 0 aliphatic heterocycles. The Hall–Kier alpha value is -2.63. The van der Waals surface area contributed by atoms with Gasteiger partial charge in [0.05, 0.1) is 4.92 Å². The topological polar surface area (TPSA) is 111 Å². The molecule has 1 aromatic carbocycles. The molecule has 0 unspecified atom stereocenters. The molecule has 0 atom stereocenters. The third kappa shape index (κ3) is 5.94. The SMILES string of the molecule is CN(C)CCN/C=C(/C#N)C(=O)Nc1ccc(Cl)c([N+](=O)[O-])c1. The highest BCUT2D eigenvalue weighted by molar-refractivity contribution is 6.32. The summed E-state index contributed by atoms with van der Waals surface area (Å²) in [5.41, 5.74) is -0.280. The second kappa shape index (κ2) is 8.73. The maximum Gasteiger partial charge on any atom is 0.289 e. The van der Waals surface area contributed by atoms with Crippen molar-refractivity contribution in [3.63, 3.8) is 0 Å². The Kier molecular flexibility index (Phi) is 6.99. The third-order valence-corrected chi connectivity index (χ3v) is 3.04. The van der Waals surface area contributed by atoms with Gasteiger partial charge in [-0.05, 0) is 26.2 Å². The Balaban J connectivity index is 2.77. The van der Waals surface area contributed by atoms with Crippen LogP contribution in [0.5, 0.6) is 0 Å². The lowest BCUT2D eigenvalue weighted by atomic mass is 10.2. The smallest absolute Gasteiger partial charge is 0.289 e. The number of benzene rings is 1. The molecule has 0 spiro atoms. The van der Waals surface area contributed by atoms with Crippen molar-refractivity contribution in [3.05, 3.63) is 45.1 Å². The number of nitro benzene ring substituents is 1. The number of halogens is 1. The summed E-state index contributed by atoms with van der Waals surface area (Å²) >= 11 is 5.70. The molecule has 0 aliphatic rings. The van der Waals surface area contributed by atoms with E-state index in [1.165, 1.54) is 18.3 Å². The van der Waals surface area contributed by atoms with Crippen LogP contribution in [0.3, 0.4) is 0 Å². The van der Waals surface area contributed by atoms with E-state index in [0.717, 1.165) is 12.6 Å². The molecular formula is C14H16ClN5O3. The number of nitrogens with zero attached hydrogens (tertiary/aromatic N) is 3. The van der Waals surface area contributed by atoms with Crippen LogP contribution in [0.1, 0.15) is 0 Å². The van der Waals surface area contributed by atoms with Crippen molar-refractivity contribution in [3.8, 4) is 6.07 Å². The van der Waals surface area contributed by atoms with Crippen molar-refractivity contribution in [1.29, 1.82) is 5.26 Å². The second-order valence-electron chi connectivity index (χ2n) is 4.80. The molecule has 0 bridgehead atoms. The summed E-state index contributed by atoms with van der Waals surface area (Å²) in [6.07, 6.45) is 1.31. The lowest BCUT2D eigenvalue weighted by molar-refractivity contribution is -0.384. The van der Waals surface area contributed by atoms with Gasteiger partial charge in [0.15, 0.2) is 0 Å². The molecule has 8 nitrogen and oxygen atoms in total. The van der Waals surface area contributed by atoms with E-state index in [4.69, 9.17) is 16.9 Å². The van der Waals surface area contributed by atoms with E-state index in [2.05, 4.69) is 10.6 Å². The number of nitriles is 1. The predicted octanol–water partition coefficient (Wildman–Crippen LogP) is 1.75. The van der Waals surface area contributed by atoms with Gasteiger partial charge in [0, 0.05) is 31.0 Å². The van der Waals surface area contributed by atoms with Crippen molar-refractivity contribution in [2.45, 2.75) is 0 Å². The van der Waals surface area contributed by atoms with Gasteiger partial charge in [0.25, 0.3) is 11.6 Å². The zero-order valence-corrected chi connectivity index (χ0v) is 13.4. The summed E-state index contributed by atoms with van der Waals surface area (Å²) in [6.45, 7) is 1.30. The molecule has 2 N–H and O–H groups in total. The van der Waals surface area contributed by atoms with Crippen LogP contribution in [0.25, 0.3) is 0 Å². The van der Waals surface area contributed by atoms with E-state index in [9.17, 15) is 14.9 Å².